The second-order valence-corrected chi connectivity index (χ2v) is 6.77. The maximum absolute atomic E-state index is 13.1. The average Bonchev–Trinajstić information content (AvgIpc) is 2.37. The van der Waals surface area contributed by atoms with Crippen LogP contribution in [0.15, 0.2) is 24.3 Å². The zero-order valence-corrected chi connectivity index (χ0v) is 13.1. The maximum Gasteiger partial charge on any atom is 0.123 e. The zero-order valence-electron chi connectivity index (χ0n) is 13.1. The van der Waals surface area contributed by atoms with Crippen LogP contribution in [0, 0.1) is 11.7 Å². The van der Waals surface area contributed by atoms with Gasteiger partial charge in [0.05, 0.1) is 0 Å². The number of nitrogens with one attached hydrogen (secondary N) is 1. The van der Waals surface area contributed by atoms with Gasteiger partial charge in [0.1, 0.15) is 5.82 Å². The fraction of sp³-hybridized carbons (Fsp3) is 0.667. The second-order valence-electron chi connectivity index (χ2n) is 6.77. The summed E-state index contributed by atoms with van der Waals surface area (Å²) in [7, 11) is 0. The molecule has 1 aliphatic carbocycles. The molecule has 0 aliphatic heterocycles. The predicted octanol–water partition coefficient (Wildman–Crippen LogP) is 4.66. The molecule has 1 N–H and O–H groups in total. The Morgan fingerprint density at radius 1 is 1.25 bits per heavy atom. The van der Waals surface area contributed by atoms with Crippen LogP contribution in [0.1, 0.15) is 58.4 Å². The Labute approximate surface area is 123 Å². The van der Waals surface area contributed by atoms with E-state index in [0.717, 1.165) is 18.9 Å². The molecule has 0 radical (unpaired) electrons. The molecule has 1 unspecified atom stereocenters. The van der Waals surface area contributed by atoms with Crippen molar-refractivity contribution >= 4 is 0 Å². The van der Waals surface area contributed by atoms with Gasteiger partial charge in [0.25, 0.3) is 0 Å². The van der Waals surface area contributed by atoms with Crippen molar-refractivity contribution in [2.45, 2.75) is 64.3 Å². The molecule has 2 heteroatoms. The number of hydrogen-bond acceptors (Lipinski definition) is 1. The molecule has 0 heterocycles. The third kappa shape index (κ3) is 3.60. The van der Waals surface area contributed by atoms with Crippen LogP contribution in [-0.4, -0.2) is 12.6 Å². The van der Waals surface area contributed by atoms with Gasteiger partial charge >= 0.3 is 0 Å². The van der Waals surface area contributed by atoms with E-state index in [1.165, 1.54) is 31.2 Å². The van der Waals surface area contributed by atoms with E-state index in [1.807, 2.05) is 12.1 Å². The standard InChI is InChI=1S/C18H28FN/c1-4-12-20-17(13-14-6-5-7-14)18(2,3)15-8-10-16(19)11-9-15/h8-11,14,17,20H,4-7,12-13H2,1-3H3. The molecule has 0 spiro atoms. The van der Waals surface area contributed by atoms with Crippen molar-refractivity contribution in [2.75, 3.05) is 6.54 Å². The lowest BCUT2D eigenvalue weighted by atomic mass is 9.71. The molecule has 0 aromatic heterocycles. The highest BCUT2D eigenvalue weighted by molar-refractivity contribution is 5.26. The van der Waals surface area contributed by atoms with E-state index in [9.17, 15) is 4.39 Å². The van der Waals surface area contributed by atoms with Gasteiger partial charge in [-0.05, 0) is 43.0 Å². The molecular formula is C18H28FN. The van der Waals surface area contributed by atoms with Crippen molar-refractivity contribution in [3.8, 4) is 0 Å². The van der Waals surface area contributed by atoms with Crippen LogP contribution in [0.25, 0.3) is 0 Å². The topological polar surface area (TPSA) is 12.0 Å². The molecule has 1 aromatic rings. The number of benzene rings is 1. The smallest absolute Gasteiger partial charge is 0.123 e. The Balaban J connectivity index is 2.12. The van der Waals surface area contributed by atoms with Crippen LogP contribution in [0.2, 0.25) is 0 Å². The molecular weight excluding hydrogens is 249 g/mol. The fourth-order valence-corrected chi connectivity index (χ4v) is 3.09. The third-order valence-corrected chi connectivity index (χ3v) is 4.89. The lowest BCUT2D eigenvalue weighted by Crippen LogP contribution is -2.47. The SMILES string of the molecule is CCCNC(CC1CCC1)C(C)(C)c1ccc(F)cc1. The van der Waals surface area contributed by atoms with Crippen LogP contribution in [0.4, 0.5) is 4.39 Å². The van der Waals surface area contributed by atoms with E-state index in [0.29, 0.717) is 6.04 Å². The van der Waals surface area contributed by atoms with Gasteiger partial charge in [-0.15, -0.1) is 0 Å². The Morgan fingerprint density at radius 2 is 1.90 bits per heavy atom. The molecule has 0 amide bonds. The Bertz CT molecular complexity index is 406. The molecule has 0 saturated heterocycles. The average molecular weight is 277 g/mol. The molecule has 1 fully saturated rings. The number of halogens is 1. The molecule has 1 aromatic carbocycles. The Hall–Kier alpha value is -0.890. The van der Waals surface area contributed by atoms with Gasteiger partial charge in [-0.2, -0.15) is 0 Å². The first kappa shape index (κ1) is 15.5. The van der Waals surface area contributed by atoms with Crippen molar-refractivity contribution in [1.29, 1.82) is 0 Å². The molecule has 1 nitrogen and oxygen atoms in total. The quantitative estimate of drug-likeness (QED) is 0.764. The summed E-state index contributed by atoms with van der Waals surface area (Å²) in [6.07, 6.45) is 6.54. The maximum atomic E-state index is 13.1. The highest BCUT2D eigenvalue weighted by Crippen LogP contribution is 2.37. The highest BCUT2D eigenvalue weighted by atomic mass is 19.1. The van der Waals surface area contributed by atoms with Gasteiger partial charge in [-0.3, -0.25) is 0 Å². The predicted molar refractivity (Wildman–Crippen MR) is 83.5 cm³/mol. The first-order valence-electron chi connectivity index (χ1n) is 8.03. The highest BCUT2D eigenvalue weighted by Gasteiger charge is 2.34. The van der Waals surface area contributed by atoms with Crippen molar-refractivity contribution in [1.82, 2.24) is 5.32 Å². The Kier molecular flexibility index (Phi) is 5.20. The minimum Gasteiger partial charge on any atom is -0.313 e. The van der Waals surface area contributed by atoms with Crippen molar-refractivity contribution in [3.63, 3.8) is 0 Å². The molecule has 1 atom stereocenters. The van der Waals surface area contributed by atoms with Crippen LogP contribution >= 0.6 is 0 Å². The van der Waals surface area contributed by atoms with E-state index in [-0.39, 0.29) is 11.2 Å². The molecule has 1 aliphatic rings. The molecule has 1 saturated carbocycles. The first-order chi connectivity index (χ1) is 9.54. The van der Waals surface area contributed by atoms with Crippen LogP contribution in [0.5, 0.6) is 0 Å². The number of rotatable bonds is 7. The molecule has 112 valence electrons. The Morgan fingerprint density at radius 3 is 2.40 bits per heavy atom. The summed E-state index contributed by atoms with van der Waals surface area (Å²) < 4.78 is 13.1. The normalized spacial score (nSPS) is 17.8. The van der Waals surface area contributed by atoms with E-state index in [1.54, 1.807) is 12.1 Å². The summed E-state index contributed by atoms with van der Waals surface area (Å²) in [6.45, 7) is 7.83. The number of hydrogen-bond donors (Lipinski definition) is 1. The summed E-state index contributed by atoms with van der Waals surface area (Å²) in [5, 5.41) is 3.73. The van der Waals surface area contributed by atoms with Crippen molar-refractivity contribution < 1.29 is 4.39 Å². The van der Waals surface area contributed by atoms with Crippen LogP contribution in [0.3, 0.4) is 0 Å². The minimum absolute atomic E-state index is 0.0401. The van der Waals surface area contributed by atoms with Crippen LogP contribution in [-0.2, 0) is 5.41 Å². The lowest BCUT2D eigenvalue weighted by molar-refractivity contribution is 0.215. The summed E-state index contributed by atoms with van der Waals surface area (Å²) in [6, 6.07) is 7.51. The zero-order chi connectivity index (χ0) is 14.6. The molecule has 2 rings (SSSR count). The summed E-state index contributed by atoms with van der Waals surface area (Å²) in [5.74, 6) is 0.727. The third-order valence-electron chi connectivity index (χ3n) is 4.89. The van der Waals surface area contributed by atoms with Gasteiger partial charge < -0.3 is 5.32 Å². The van der Waals surface area contributed by atoms with Crippen LogP contribution < -0.4 is 5.32 Å². The van der Waals surface area contributed by atoms with Crippen molar-refractivity contribution in [3.05, 3.63) is 35.6 Å². The van der Waals surface area contributed by atoms with Crippen molar-refractivity contribution in [2.24, 2.45) is 5.92 Å². The monoisotopic (exact) mass is 277 g/mol. The fourth-order valence-electron chi connectivity index (χ4n) is 3.09. The van der Waals surface area contributed by atoms with E-state index >= 15 is 0 Å². The largest absolute Gasteiger partial charge is 0.313 e. The van der Waals surface area contributed by atoms with E-state index < -0.39 is 0 Å². The first-order valence-corrected chi connectivity index (χ1v) is 8.03. The summed E-state index contributed by atoms with van der Waals surface area (Å²) >= 11 is 0. The minimum atomic E-state index is -0.151. The summed E-state index contributed by atoms with van der Waals surface area (Å²) in [5.41, 5.74) is 1.27. The van der Waals surface area contributed by atoms with Gasteiger partial charge in [0, 0.05) is 11.5 Å². The van der Waals surface area contributed by atoms with Gasteiger partial charge in [0.15, 0.2) is 0 Å². The second kappa shape index (κ2) is 6.71. The van der Waals surface area contributed by atoms with Gasteiger partial charge in [-0.1, -0.05) is 52.2 Å². The molecule has 0 bridgehead atoms. The van der Waals surface area contributed by atoms with E-state index in [2.05, 4.69) is 26.1 Å². The van der Waals surface area contributed by atoms with Gasteiger partial charge in [-0.25, -0.2) is 4.39 Å². The van der Waals surface area contributed by atoms with Gasteiger partial charge in [0.2, 0.25) is 0 Å². The van der Waals surface area contributed by atoms with E-state index in [4.69, 9.17) is 0 Å². The molecule has 20 heavy (non-hydrogen) atoms. The summed E-state index contributed by atoms with van der Waals surface area (Å²) in [4.78, 5) is 0. The lowest BCUT2D eigenvalue weighted by Gasteiger charge is -2.40.